The molecule has 0 amide bonds. The zero-order chi connectivity index (χ0) is 14.5. The second-order valence-corrected chi connectivity index (χ2v) is 6.29. The van der Waals surface area contributed by atoms with Gasteiger partial charge in [0, 0.05) is 25.4 Å². The van der Waals surface area contributed by atoms with Crippen LogP contribution in [0, 0.1) is 5.92 Å². The zero-order valence-corrected chi connectivity index (χ0v) is 12.6. The maximum atomic E-state index is 10.6. The molecule has 1 N–H and O–H groups in total. The largest absolute Gasteiger partial charge is 0.481 e. The molecule has 0 bridgehead atoms. The van der Waals surface area contributed by atoms with Crippen LogP contribution in [0.1, 0.15) is 46.0 Å². The minimum absolute atomic E-state index is 0.0408. The van der Waals surface area contributed by atoms with E-state index in [9.17, 15) is 4.79 Å². The summed E-state index contributed by atoms with van der Waals surface area (Å²) in [5.74, 6) is -0.133. The summed E-state index contributed by atoms with van der Waals surface area (Å²) in [7, 11) is 0. The summed E-state index contributed by atoms with van der Waals surface area (Å²) in [6.45, 7) is 7.35. The lowest BCUT2D eigenvalue weighted by molar-refractivity contribution is -0.138. The second-order valence-electron chi connectivity index (χ2n) is 6.29. The van der Waals surface area contributed by atoms with Crippen molar-refractivity contribution in [1.29, 1.82) is 0 Å². The fourth-order valence-corrected chi connectivity index (χ4v) is 3.10. The molecule has 2 rings (SSSR count). The molecule has 116 valence electrons. The van der Waals surface area contributed by atoms with Crippen LogP contribution >= 0.6 is 0 Å². The van der Waals surface area contributed by atoms with Gasteiger partial charge in [0.05, 0.1) is 12.7 Å². The minimum atomic E-state index is -0.767. The number of likely N-dealkylation sites (tertiary alicyclic amines) is 1. The van der Waals surface area contributed by atoms with Crippen LogP contribution in [0.2, 0.25) is 0 Å². The number of carbonyl (C=O) groups is 1. The van der Waals surface area contributed by atoms with E-state index < -0.39 is 5.97 Å². The number of carboxylic acid groups (broad SMARTS) is 1. The minimum Gasteiger partial charge on any atom is -0.481 e. The van der Waals surface area contributed by atoms with Crippen molar-refractivity contribution in [3.63, 3.8) is 0 Å². The summed E-state index contributed by atoms with van der Waals surface area (Å²) in [6, 6.07) is 0.603. The van der Waals surface area contributed by atoms with Crippen LogP contribution in [0.25, 0.3) is 0 Å². The summed E-state index contributed by atoms with van der Waals surface area (Å²) < 4.78 is 11.5. The van der Waals surface area contributed by atoms with E-state index in [0.717, 1.165) is 13.0 Å². The average molecular weight is 285 g/mol. The molecule has 0 aromatic heterocycles. The van der Waals surface area contributed by atoms with Crippen molar-refractivity contribution in [2.24, 2.45) is 5.92 Å². The molecule has 0 radical (unpaired) electrons. The van der Waals surface area contributed by atoms with E-state index in [1.165, 1.54) is 19.4 Å². The smallest absolute Gasteiger partial charge is 0.303 e. The van der Waals surface area contributed by atoms with Crippen LogP contribution in [-0.4, -0.2) is 54.1 Å². The van der Waals surface area contributed by atoms with Crippen LogP contribution in [0.4, 0.5) is 0 Å². The number of carboxylic acids is 1. The van der Waals surface area contributed by atoms with Crippen molar-refractivity contribution >= 4 is 5.97 Å². The monoisotopic (exact) mass is 285 g/mol. The van der Waals surface area contributed by atoms with Crippen molar-refractivity contribution in [3.05, 3.63) is 0 Å². The van der Waals surface area contributed by atoms with E-state index in [0.29, 0.717) is 25.0 Å². The first kappa shape index (κ1) is 15.7. The molecular weight excluding hydrogens is 258 g/mol. The van der Waals surface area contributed by atoms with E-state index in [1.807, 2.05) is 0 Å². The van der Waals surface area contributed by atoms with Gasteiger partial charge in [-0.05, 0) is 45.6 Å². The summed E-state index contributed by atoms with van der Waals surface area (Å²) in [5.41, 5.74) is 0. The van der Waals surface area contributed by atoms with Crippen LogP contribution in [0.15, 0.2) is 0 Å². The molecule has 0 saturated carbocycles. The third-order valence-electron chi connectivity index (χ3n) is 4.30. The Kier molecular flexibility index (Phi) is 5.81. The first-order valence-electron chi connectivity index (χ1n) is 7.77. The lowest BCUT2D eigenvalue weighted by atomic mass is 9.94. The zero-order valence-electron chi connectivity index (χ0n) is 12.6. The van der Waals surface area contributed by atoms with Crippen LogP contribution in [0.3, 0.4) is 0 Å². The molecule has 20 heavy (non-hydrogen) atoms. The second kappa shape index (κ2) is 7.38. The highest BCUT2D eigenvalue weighted by Crippen LogP contribution is 2.27. The third-order valence-corrected chi connectivity index (χ3v) is 4.30. The van der Waals surface area contributed by atoms with Gasteiger partial charge in [0.2, 0.25) is 0 Å². The Labute approximate surface area is 121 Å². The predicted octanol–water partition coefficient (Wildman–Crippen LogP) is 2.10. The van der Waals surface area contributed by atoms with Gasteiger partial charge in [-0.2, -0.15) is 0 Å². The highest BCUT2D eigenvalue weighted by molar-refractivity contribution is 5.66. The number of piperidine rings is 1. The standard InChI is InChI=1S/C15H27NO4/c1-11(2)16-7-3-4-12(9-16)8-15-19-10-13(20-15)5-6-14(17)18/h11-13,15H,3-10H2,1-2H3,(H,17,18). The van der Waals surface area contributed by atoms with Gasteiger partial charge in [-0.25, -0.2) is 0 Å². The van der Waals surface area contributed by atoms with Crippen molar-refractivity contribution in [2.75, 3.05) is 19.7 Å². The normalized spacial score (nSPS) is 31.9. The van der Waals surface area contributed by atoms with E-state index >= 15 is 0 Å². The predicted molar refractivity (Wildman–Crippen MR) is 75.5 cm³/mol. The van der Waals surface area contributed by atoms with Gasteiger partial charge < -0.3 is 19.5 Å². The number of rotatable bonds is 6. The van der Waals surface area contributed by atoms with Crippen LogP contribution in [-0.2, 0) is 14.3 Å². The highest BCUT2D eigenvalue weighted by atomic mass is 16.7. The van der Waals surface area contributed by atoms with Gasteiger partial charge in [0.25, 0.3) is 0 Å². The third kappa shape index (κ3) is 4.72. The Bertz CT molecular complexity index is 321. The summed E-state index contributed by atoms with van der Waals surface area (Å²) in [5, 5.41) is 8.68. The fourth-order valence-electron chi connectivity index (χ4n) is 3.10. The fraction of sp³-hybridized carbons (Fsp3) is 0.933. The SMILES string of the molecule is CC(C)N1CCCC(CC2OCC(CCC(=O)O)O2)C1. The molecule has 3 atom stereocenters. The lowest BCUT2D eigenvalue weighted by Crippen LogP contribution is -2.40. The highest BCUT2D eigenvalue weighted by Gasteiger charge is 2.30. The first-order chi connectivity index (χ1) is 9.54. The Morgan fingerprint density at radius 2 is 2.25 bits per heavy atom. The first-order valence-corrected chi connectivity index (χ1v) is 7.77. The summed E-state index contributed by atoms with van der Waals surface area (Å²) >= 11 is 0. The molecule has 0 spiro atoms. The Morgan fingerprint density at radius 1 is 1.45 bits per heavy atom. The number of hydrogen-bond donors (Lipinski definition) is 1. The van der Waals surface area contributed by atoms with Crippen LogP contribution in [0.5, 0.6) is 0 Å². The molecule has 5 nitrogen and oxygen atoms in total. The van der Waals surface area contributed by atoms with E-state index in [4.69, 9.17) is 14.6 Å². The Morgan fingerprint density at radius 3 is 2.95 bits per heavy atom. The van der Waals surface area contributed by atoms with Crippen molar-refractivity contribution < 1.29 is 19.4 Å². The Balaban J connectivity index is 1.70. The average Bonchev–Trinajstić information content (AvgIpc) is 2.84. The molecule has 2 heterocycles. The molecule has 0 aliphatic carbocycles. The van der Waals surface area contributed by atoms with Crippen molar-refractivity contribution in [2.45, 2.75) is 64.4 Å². The molecular formula is C15H27NO4. The van der Waals surface area contributed by atoms with Crippen molar-refractivity contribution in [3.8, 4) is 0 Å². The van der Waals surface area contributed by atoms with Gasteiger partial charge in [0.15, 0.2) is 6.29 Å². The maximum Gasteiger partial charge on any atom is 0.303 e. The van der Waals surface area contributed by atoms with Gasteiger partial charge in [-0.1, -0.05) is 0 Å². The molecule has 0 aromatic rings. The Hall–Kier alpha value is -0.650. The summed E-state index contributed by atoms with van der Waals surface area (Å²) in [4.78, 5) is 13.1. The van der Waals surface area contributed by atoms with Gasteiger partial charge in [-0.3, -0.25) is 4.79 Å². The van der Waals surface area contributed by atoms with E-state index in [2.05, 4.69) is 18.7 Å². The molecule has 2 aliphatic rings. The van der Waals surface area contributed by atoms with Gasteiger partial charge in [0.1, 0.15) is 0 Å². The van der Waals surface area contributed by atoms with Crippen LogP contribution < -0.4 is 0 Å². The molecule has 0 aromatic carbocycles. The lowest BCUT2D eigenvalue weighted by Gasteiger charge is -2.36. The maximum absolute atomic E-state index is 10.6. The quantitative estimate of drug-likeness (QED) is 0.810. The molecule has 3 unspecified atom stereocenters. The number of nitrogens with zero attached hydrogens (tertiary/aromatic N) is 1. The van der Waals surface area contributed by atoms with E-state index in [-0.39, 0.29) is 18.8 Å². The van der Waals surface area contributed by atoms with Gasteiger partial charge in [-0.15, -0.1) is 0 Å². The van der Waals surface area contributed by atoms with Crippen molar-refractivity contribution in [1.82, 2.24) is 4.90 Å². The molecule has 2 saturated heterocycles. The summed E-state index contributed by atoms with van der Waals surface area (Å²) in [6.07, 6.45) is 3.96. The van der Waals surface area contributed by atoms with Gasteiger partial charge >= 0.3 is 5.97 Å². The number of ether oxygens (including phenoxy) is 2. The van der Waals surface area contributed by atoms with E-state index in [1.54, 1.807) is 0 Å². The topological polar surface area (TPSA) is 59.0 Å². The molecule has 5 heteroatoms. The molecule has 2 fully saturated rings. The number of aliphatic carboxylic acids is 1. The molecule has 2 aliphatic heterocycles. The number of hydrogen-bond acceptors (Lipinski definition) is 4.